The summed E-state index contributed by atoms with van der Waals surface area (Å²) in [5.74, 6) is 0.997. The fourth-order valence-electron chi connectivity index (χ4n) is 3.03. The highest BCUT2D eigenvalue weighted by molar-refractivity contribution is 14.0. The molecule has 3 rings (SSSR count). The van der Waals surface area contributed by atoms with Gasteiger partial charge in [0.2, 0.25) is 0 Å². The van der Waals surface area contributed by atoms with E-state index in [9.17, 15) is 13.2 Å². The number of hydrogen-bond donors (Lipinski definition) is 2. The minimum absolute atomic E-state index is 0. The lowest BCUT2D eigenvalue weighted by Crippen LogP contribution is -2.44. The van der Waals surface area contributed by atoms with E-state index >= 15 is 0 Å². The summed E-state index contributed by atoms with van der Waals surface area (Å²) in [6, 6.07) is 2.90. The number of aryl methyl sites for hydroxylation is 1. The van der Waals surface area contributed by atoms with Crippen molar-refractivity contribution in [1.29, 1.82) is 0 Å². The number of nitrogens with zero attached hydrogens (tertiary/aromatic N) is 5. The summed E-state index contributed by atoms with van der Waals surface area (Å²) < 4.78 is 40.1. The highest BCUT2D eigenvalue weighted by Gasteiger charge is 2.33. The van der Waals surface area contributed by atoms with Gasteiger partial charge in [0.15, 0.2) is 5.96 Å². The molecule has 1 unspecified atom stereocenters. The van der Waals surface area contributed by atoms with E-state index in [0.717, 1.165) is 24.4 Å². The lowest BCUT2D eigenvalue weighted by atomic mass is 10.2. The fraction of sp³-hybridized carbons (Fsp3) is 0.471. The maximum atomic E-state index is 12.8. The van der Waals surface area contributed by atoms with Crippen LogP contribution in [0, 0.1) is 0 Å². The summed E-state index contributed by atoms with van der Waals surface area (Å²) in [6.45, 7) is 1.76. The maximum Gasteiger partial charge on any atom is 0.417 e. The Balaban J connectivity index is 0.00000300. The van der Waals surface area contributed by atoms with Crippen LogP contribution in [0.25, 0.3) is 0 Å². The van der Waals surface area contributed by atoms with Crippen molar-refractivity contribution in [2.45, 2.75) is 25.2 Å². The molecule has 0 amide bonds. The van der Waals surface area contributed by atoms with Crippen LogP contribution in [-0.2, 0) is 19.8 Å². The molecule has 1 atom stereocenters. The van der Waals surface area contributed by atoms with E-state index in [0.29, 0.717) is 31.4 Å². The first-order valence-electron chi connectivity index (χ1n) is 8.69. The molecular weight excluding hydrogens is 522 g/mol. The third kappa shape index (κ3) is 5.87. The van der Waals surface area contributed by atoms with Gasteiger partial charge in [-0.2, -0.15) is 18.3 Å². The predicted octanol–water partition coefficient (Wildman–Crippen LogP) is 3.05. The topological polar surface area (TPSA) is 70.4 Å². The molecule has 1 fully saturated rings. The maximum absolute atomic E-state index is 12.8. The van der Waals surface area contributed by atoms with Crippen molar-refractivity contribution in [3.05, 3.63) is 40.8 Å². The molecule has 7 nitrogen and oxygen atoms in total. The minimum Gasteiger partial charge on any atom is -0.353 e. The van der Waals surface area contributed by atoms with E-state index in [1.54, 1.807) is 17.9 Å². The van der Waals surface area contributed by atoms with Gasteiger partial charge in [0.1, 0.15) is 5.82 Å². The lowest BCUT2D eigenvalue weighted by molar-refractivity contribution is -0.137. The van der Waals surface area contributed by atoms with Gasteiger partial charge in [-0.1, -0.05) is 11.6 Å². The number of anilines is 1. The van der Waals surface area contributed by atoms with Gasteiger partial charge in [0.05, 0.1) is 22.8 Å². The van der Waals surface area contributed by atoms with Gasteiger partial charge in [0, 0.05) is 45.6 Å². The number of hydrogen-bond acceptors (Lipinski definition) is 4. The zero-order valence-corrected chi connectivity index (χ0v) is 19.0. The Kier molecular flexibility index (Phi) is 7.97. The molecule has 2 aromatic heterocycles. The number of rotatable bonds is 4. The Hall–Kier alpha value is -1.76. The second-order valence-corrected chi connectivity index (χ2v) is 6.88. The number of pyridine rings is 1. The predicted molar refractivity (Wildman–Crippen MR) is 117 cm³/mol. The number of aromatic nitrogens is 3. The smallest absolute Gasteiger partial charge is 0.353 e. The molecule has 0 aliphatic carbocycles. The van der Waals surface area contributed by atoms with Crippen LogP contribution in [0.1, 0.15) is 17.7 Å². The summed E-state index contributed by atoms with van der Waals surface area (Å²) >= 11 is 6.05. The van der Waals surface area contributed by atoms with Crippen molar-refractivity contribution < 1.29 is 13.2 Å². The normalized spacial score (nSPS) is 17.2. The summed E-state index contributed by atoms with van der Waals surface area (Å²) in [5, 5.41) is 10.7. The molecule has 29 heavy (non-hydrogen) atoms. The van der Waals surface area contributed by atoms with Gasteiger partial charge in [-0.25, -0.2) is 4.98 Å². The van der Waals surface area contributed by atoms with Crippen LogP contribution < -0.4 is 15.5 Å². The standard InChI is InChI=1S/C17H21ClF3N7.HI/c1-22-16(24-9-13-3-5-25-27(13)2)26-12-4-6-28(10-12)15-14(18)7-11(8-23-15)17(19,20)21;/h3,5,7-8,12H,4,6,9-10H2,1-2H3,(H2,22,24,26);1H. The zero-order valence-electron chi connectivity index (χ0n) is 15.9. The molecule has 160 valence electrons. The Bertz CT molecular complexity index is 856. The lowest BCUT2D eigenvalue weighted by Gasteiger charge is -2.21. The number of halogens is 5. The second kappa shape index (κ2) is 9.83. The largest absolute Gasteiger partial charge is 0.417 e. The van der Waals surface area contributed by atoms with Crippen LogP contribution >= 0.6 is 35.6 Å². The molecule has 1 aliphatic heterocycles. The molecule has 0 radical (unpaired) electrons. The van der Waals surface area contributed by atoms with Crippen molar-refractivity contribution in [1.82, 2.24) is 25.4 Å². The van der Waals surface area contributed by atoms with E-state index in [1.165, 1.54) is 0 Å². The van der Waals surface area contributed by atoms with Crippen LogP contribution in [0.4, 0.5) is 19.0 Å². The minimum atomic E-state index is -4.46. The van der Waals surface area contributed by atoms with E-state index < -0.39 is 11.7 Å². The average molecular weight is 544 g/mol. The molecule has 0 spiro atoms. The zero-order chi connectivity index (χ0) is 20.3. The highest BCUT2D eigenvalue weighted by atomic mass is 127. The van der Waals surface area contributed by atoms with Gasteiger partial charge in [-0.15, -0.1) is 24.0 Å². The van der Waals surface area contributed by atoms with Gasteiger partial charge >= 0.3 is 6.18 Å². The monoisotopic (exact) mass is 543 g/mol. The first-order valence-corrected chi connectivity index (χ1v) is 9.07. The van der Waals surface area contributed by atoms with E-state index in [2.05, 4.69) is 25.7 Å². The summed E-state index contributed by atoms with van der Waals surface area (Å²) in [5.41, 5.74) is 0.159. The Labute approximate surface area is 188 Å². The van der Waals surface area contributed by atoms with Crippen molar-refractivity contribution >= 4 is 47.4 Å². The van der Waals surface area contributed by atoms with E-state index in [-0.39, 0.29) is 35.0 Å². The summed E-state index contributed by atoms with van der Waals surface area (Å²) in [7, 11) is 3.54. The van der Waals surface area contributed by atoms with E-state index in [1.807, 2.05) is 18.0 Å². The number of guanidine groups is 1. The quantitative estimate of drug-likeness (QED) is 0.353. The van der Waals surface area contributed by atoms with Crippen molar-refractivity contribution in [2.24, 2.45) is 12.0 Å². The Morgan fingerprint density at radius 2 is 2.17 bits per heavy atom. The number of aliphatic imine (C=N–C) groups is 1. The third-order valence-corrected chi connectivity index (χ3v) is 4.84. The molecule has 0 bridgehead atoms. The molecule has 2 aromatic rings. The fourth-order valence-corrected chi connectivity index (χ4v) is 3.31. The molecule has 1 saturated heterocycles. The highest BCUT2D eigenvalue weighted by Crippen LogP contribution is 2.34. The SMILES string of the molecule is CN=C(NCc1ccnn1C)NC1CCN(c2ncc(C(F)(F)F)cc2Cl)C1.I. The summed E-state index contributed by atoms with van der Waals surface area (Å²) in [4.78, 5) is 10.0. The second-order valence-electron chi connectivity index (χ2n) is 6.48. The molecule has 0 saturated carbocycles. The van der Waals surface area contributed by atoms with Crippen molar-refractivity contribution in [2.75, 3.05) is 25.0 Å². The van der Waals surface area contributed by atoms with Crippen LogP contribution in [0.5, 0.6) is 0 Å². The van der Waals surface area contributed by atoms with E-state index in [4.69, 9.17) is 11.6 Å². The number of alkyl halides is 3. The average Bonchev–Trinajstić information content (AvgIpc) is 3.26. The Morgan fingerprint density at radius 1 is 1.41 bits per heavy atom. The van der Waals surface area contributed by atoms with Gasteiger partial charge in [-0.3, -0.25) is 9.67 Å². The van der Waals surface area contributed by atoms with Gasteiger partial charge in [0.25, 0.3) is 0 Å². The molecule has 2 N–H and O–H groups in total. The van der Waals surface area contributed by atoms with Crippen LogP contribution in [0.2, 0.25) is 5.02 Å². The van der Waals surface area contributed by atoms with Gasteiger partial charge in [-0.05, 0) is 18.6 Å². The van der Waals surface area contributed by atoms with Crippen LogP contribution in [0.3, 0.4) is 0 Å². The third-order valence-electron chi connectivity index (χ3n) is 4.56. The van der Waals surface area contributed by atoms with Gasteiger partial charge < -0.3 is 15.5 Å². The molecule has 12 heteroatoms. The molecule has 3 heterocycles. The first-order chi connectivity index (χ1) is 13.3. The molecule has 1 aliphatic rings. The van der Waals surface area contributed by atoms with Crippen molar-refractivity contribution in [3.8, 4) is 0 Å². The molecule has 0 aromatic carbocycles. The van der Waals surface area contributed by atoms with Crippen LogP contribution in [-0.4, -0.2) is 46.9 Å². The molecular formula is C17H22ClF3IN7. The summed E-state index contributed by atoms with van der Waals surface area (Å²) in [6.07, 6.45) is -1.14. The van der Waals surface area contributed by atoms with Crippen molar-refractivity contribution in [3.63, 3.8) is 0 Å². The first kappa shape index (κ1) is 23.5. The van der Waals surface area contributed by atoms with Crippen LogP contribution in [0.15, 0.2) is 29.5 Å². The Morgan fingerprint density at radius 3 is 2.76 bits per heavy atom. The number of nitrogens with one attached hydrogen (secondary N) is 2.